The van der Waals surface area contributed by atoms with E-state index in [0.717, 1.165) is 5.56 Å². The number of hydrogen-bond acceptors (Lipinski definition) is 4. The van der Waals surface area contributed by atoms with Gasteiger partial charge in [-0.05, 0) is 18.2 Å². The third-order valence-corrected chi connectivity index (χ3v) is 3.76. The average molecular weight is 343 g/mol. The predicted molar refractivity (Wildman–Crippen MR) is 91.7 cm³/mol. The Hall–Kier alpha value is -2.86. The van der Waals surface area contributed by atoms with E-state index in [1.807, 2.05) is 24.3 Å². The van der Waals surface area contributed by atoms with Crippen molar-refractivity contribution in [2.75, 3.05) is 12.4 Å². The average Bonchev–Trinajstić information content (AvgIpc) is 3.09. The molecule has 3 rings (SSSR count). The van der Waals surface area contributed by atoms with Gasteiger partial charge in [-0.15, -0.1) is 0 Å². The summed E-state index contributed by atoms with van der Waals surface area (Å²) in [6.07, 6.45) is 3.12. The fraction of sp³-hybridized carbons (Fsp3) is 0.118. The molecule has 0 unspecified atom stereocenters. The van der Waals surface area contributed by atoms with E-state index in [1.165, 1.54) is 17.3 Å². The maximum Gasteiger partial charge on any atom is 0.228 e. The fourth-order valence-corrected chi connectivity index (χ4v) is 2.65. The van der Waals surface area contributed by atoms with Gasteiger partial charge in [0.1, 0.15) is 24.1 Å². The largest absolute Gasteiger partial charge is 0.496 e. The van der Waals surface area contributed by atoms with Crippen LogP contribution in [0, 0.1) is 0 Å². The first-order valence-electron chi connectivity index (χ1n) is 7.24. The number of amides is 1. The molecule has 1 N–H and O–H groups in total. The van der Waals surface area contributed by atoms with E-state index in [2.05, 4.69) is 15.4 Å². The van der Waals surface area contributed by atoms with E-state index in [-0.39, 0.29) is 12.3 Å². The van der Waals surface area contributed by atoms with E-state index in [1.54, 1.807) is 25.3 Å². The number of methoxy groups -OCH3 is 1. The second kappa shape index (κ2) is 7.14. The summed E-state index contributed by atoms with van der Waals surface area (Å²) in [5, 5.41) is 7.42. The van der Waals surface area contributed by atoms with Crippen LogP contribution >= 0.6 is 11.6 Å². The summed E-state index contributed by atoms with van der Waals surface area (Å²) in [5.74, 6) is 0.498. The number of carbonyl (C=O) groups excluding carboxylic acids is 1. The van der Waals surface area contributed by atoms with Crippen molar-refractivity contribution in [3.05, 3.63) is 65.7 Å². The Kier molecular flexibility index (Phi) is 4.77. The highest BCUT2D eigenvalue weighted by Crippen LogP contribution is 2.28. The lowest BCUT2D eigenvalue weighted by Gasteiger charge is -2.13. The molecule has 0 fully saturated rings. The van der Waals surface area contributed by atoms with Crippen LogP contribution in [-0.4, -0.2) is 27.8 Å². The summed E-state index contributed by atoms with van der Waals surface area (Å²) >= 11 is 6.25. The Morgan fingerprint density at radius 2 is 2.08 bits per heavy atom. The number of hydrogen-bond donors (Lipinski definition) is 1. The Balaban J connectivity index is 1.84. The van der Waals surface area contributed by atoms with Crippen molar-refractivity contribution in [1.82, 2.24) is 14.8 Å². The zero-order valence-corrected chi connectivity index (χ0v) is 13.7. The highest BCUT2D eigenvalue weighted by atomic mass is 35.5. The van der Waals surface area contributed by atoms with E-state index < -0.39 is 0 Å². The Morgan fingerprint density at radius 1 is 1.25 bits per heavy atom. The maximum absolute atomic E-state index is 12.4. The van der Waals surface area contributed by atoms with Gasteiger partial charge in [-0.1, -0.05) is 35.9 Å². The van der Waals surface area contributed by atoms with Crippen LogP contribution in [0.5, 0.6) is 5.75 Å². The van der Waals surface area contributed by atoms with Gasteiger partial charge in [-0.3, -0.25) is 4.79 Å². The summed E-state index contributed by atoms with van der Waals surface area (Å²) in [4.78, 5) is 16.3. The molecular formula is C17H15ClN4O2. The summed E-state index contributed by atoms with van der Waals surface area (Å²) in [7, 11) is 1.58. The molecule has 2 aromatic carbocycles. The van der Waals surface area contributed by atoms with Crippen LogP contribution in [-0.2, 0) is 11.2 Å². The lowest BCUT2D eigenvalue weighted by atomic mass is 10.1. The second-order valence-electron chi connectivity index (χ2n) is 5.01. The summed E-state index contributed by atoms with van der Waals surface area (Å²) in [5.41, 5.74) is 1.94. The summed E-state index contributed by atoms with van der Waals surface area (Å²) < 4.78 is 6.79. The number of halogens is 1. The van der Waals surface area contributed by atoms with Crippen LogP contribution in [0.4, 0.5) is 5.69 Å². The van der Waals surface area contributed by atoms with Crippen molar-refractivity contribution < 1.29 is 9.53 Å². The number of ether oxygens (including phenoxy) is 1. The van der Waals surface area contributed by atoms with Crippen molar-refractivity contribution in [3.8, 4) is 11.4 Å². The van der Waals surface area contributed by atoms with Gasteiger partial charge in [-0.2, -0.15) is 5.10 Å². The maximum atomic E-state index is 12.4. The number of benzene rings is 2. The number of aromatic nitrogens is 3. The Morgan fingerprint density at radius 3 is 2.83 bits per heavy atom. The van der Waals surface area contributed by atoms with Gasteiger partial charge in [-0.25, -0.2) is 9.67 Å². The molecular weight excluding hydrogens is 328 g/mol. The molecule has 1 aromatic heterocycles. The molecule has 0 saturated carbocycles. The van der Waals surface area contributed by atoms with Crippen molar-refractivity contribution in [2.45, 2.75) is 6.42 Å². The molecule has 1 heterocycles. The van der Waals surface area contributed by atoms with Crippen LogP contribution < -0.4 is 10.1 Å². The lowest BCUT2D eigenvalue weighted by Crippen LogP contribution is -2.16. The van der Waals surface area contributed by atoms with Crippen LogP contribution in [0.2, 0.25) is 5.02 Å². The van der Waals surface area contributed by atoms with Crippen molar-refractivity contribution >= 4 is 23.2 Å². The first-order chi connectivity index (χ1) is 11.7. The minimum Gasteiger partial charge on any atom is -0.496 e. The zero-order chi connectivity index (χ0) is 16.9. The molecule has 7 heteroatoms. The standard InChI is InChI=1S/C17H15ClN4O2/c1-24-15-8-3-2-5-12(15)9-16(23)21-14-7-4-6-13(18)17(14)22-11-19-10-20-22/h2-8,10-11H,9H2,1H3,(H,21,23). The molecule has 1 amide bonds. The smallest absolute Gasteiger partial charge is 0.228 e. The van der Waals surface area contributed by atoms with Crippen LogP contribution in [0.1, 0.15) is 5.56 Å². The van der Waals surface area contributed by atoms with Crippen LogP contribution in [0.15, 0.2) is 55.1 Å². The van der Waals surface area contributed by atoms with E-state index in [4.69, 9.17) is 16.3 Å². The Labute approximate surface area is 144 Å². The molecule has 0 aliphatic carbocycles. The topological polar surface area (TPSA) is 69.0 Å². The number of anilines is 1. The zero-order valence-electron chi connectivity index (χ0n) is 12.9. The first kappa shape index (κ1) is 16.0. The third kappa shape index (κ3) is 3.38. The van der Waals surface area contributed by atoms with E-state index in [9.17, 15) is 4.79 Å². The molecule has 0 radical (unpaired) electrons. The molecule has 0 saturated heterocycles. The number of para-hydroxylation sites is 2. The molecule has 6 nitrogen and oxygen atoms in total. The van der Waals surface area contributed by atoms with Gasteiger partial charge in [0.05, 0.1) is 24.2 Å². The third-order valence-electron chi connectivity index (χ3n) is 3.45. The normalized spacial score (nSPS) is 10.4. The summed E-state index contributed by atoms with van der Waals surface area (Å²) in [6.45, 7) is 0. The quantitative estimate of drug-likeness (QED) is 0.773. The van der Waals surface area contributed by atoms with Gasteiger partial charge < -0.3 is 10.1 Å². The monoisotopic (exact) mass is 342 g/mol. The number of nitrogens with zero attached hydrogens (tertiary/aromatic N) is 3. The van der Waals surface area contributed by atoms with E-state index in [0.29, 0.717) is 22.1 Å². The minimum atomic E-state index is -0.178. The van der Waals surface area contributed by atoms with Crippen LogP contribution in [0.3, 0.4) is 0 Å². The van der Waals surface area contributed by atoms with Crippen molar-refractivity contribution in [1.29, 1.82) is 0 Å². The molecule has 24 heavy (non-hydrogen) atoms. The second-order valence-corrected chi connectivity index (χ2v) is 5.42. The van der Waals surface area contributed by atoms with Gasteiger partial charge in [0.25, 0.3) is 0 Å². The van der Waals surface area contributed by atoms with Crippen molar-refractivity contribution in [2.24, 2.45) is 0 Å². The minimum absolute atomic E-state index is 0.178. The molecule has 0 bridgehead atoms. The highest BCUT2D eigenvalue weighted by Gasteiger charge is 2.14. The number of carbonyl (C=O) groups is 1. The van der Waals surface area contributed by atoms with E-state index >= 15 is 0 Å². The Bertz CT molecular complexity index is 850. The highest BCUT2D eigenvalue weighted by molar-refractivity contribution is 6.33. The van der Waals surface area contributed by atoms with Gasteiger partial charge in [0, 0.05) is 5.56 Å². The molecule has 0 aliphatic heterocycles. The molecule has 122 valence electrons. The lowest BCUT2D eigenvalue weighted by molar-refractivity contribution is -0.115. The number of rotatable bonds is 5. The predicted octanol–water partition coefficient (Wildman–Crippen LogP) is 3.11. The van der Waals surface area contributed by atoms with Crippen molar-refractivity contribution in [3.63, 3.8) is 0 Å². The molecule has 0 atom stereocenters. The van der Waals surface area contributed by atoms with Gasteiger partial charge in [0.2, 0.25) is 5.91 Å². The number of nitrogens with one attached hydrogen (secondary N) is 1. The van der Waals surface area contributed by atoms with Gasteiger partial charge >= 0.3 is 0 Å². The van der Waals surface area contributed by atoms with Gasteiger partial charge in [0.15, 0.2) is 0 Å². The fourth-order valence-electron chi connectivity index (χ4n) is 2.39. The molecule has 0 aliphatic rings. The SMILES string of the molecule is COc1ccccc1CC(=O)Nc1cccc(Cl)c1-n1cncn1. The van der Waals surface area contributed by atoms with Crippen LogP contribution in [0.25, 0.3) is 5.69 Å². The summed E-state index contributed by atoms with van der Waals surface area (Å²) in [6, 6.07) is 12.7. The first-order valence-corrected chi connectivity index (χ1v) is 7.62. The molecule has 3 aromatic rings. The molecule has 0 spiro atoms.